The van der Waals surface area contributed by atoms with Crippen LogP contribution >= 0.6 is 35.3 Å². The van der Waals surface area contributed by atoms with Crippen LogP contribution in [0.25, 0.3) is 0 Å². The average Bonchev–Trinajstić information content (AvgIpc) is 3.11. The van der Waals surface area contributed by atoms with Crippen molar-refractivity contribution in [2.24, 2.45) is 0 Å². The molecule has 6 rings (SSSR count). The maximum absolute atomic E-state index is 11.7. The van der Waals surface area contributed by atoms with Crippen LogP contribution in [0.3, 0.4) is 0 Å². The Bertz CT molecular complexity index is 1910. The highest BCUT2D eigenvalue weighted by molar-refractivity contribution is 8.01. The van der Waals surface area contributed by atoms with Gasteiger partial charge in [0.05, 0.1) is 10.9 Å². The lowest BCUT2D eigenvalue weighted by Gasteiger charge is -2.17. The van der Waals surface area contributed by atoms with Crippen molar-refractivity contribution in [2.45, 2.75) is 66.7 Å². The summed E-state index contributed by atoms with van der Waals surface area (Å²) in [6.45, 7) is 4.77. The number of ketones is 3. The Morgan fingerprint density at radius 2 is 0.857 bits per heavy atom. The molecule has 0 saturated heterocycles. The van der Waals surface area contributed by atoms with Crippen LogP contribution in [-0.4, -0.2) is 22.6 Å². The standard InChI is InChI=1S/C42H35O3S4/c1-28(43)31-4-10-34(11-5-31)46-37-16-22-40(23-17-37)49(41-24-18-38(19-25-41)47-35-12-6-32(7-13-35)29(2)44)42-26-20-39(21-27-42)48-36-14-8-33(9-15-36)30(3)45/h4-20,22-27,39H,21H2,1-3H3/q+1. The van der Waals surface area contributed by atoms with Crippen molar-refractivity contribution in [3.63, 3.8) is 0 Å². The SMILES string of the molecule is CC(=O)c1ccc(Sc2ccc([S+](C3=CCC(Sc4ccc(C(C)=O)cc4)C=C3)c3ccc(Sc4ccc(C(C)=O)cc4)cc3)cc2)cc1. The van der Waals surface area contributed by atoms with Gasteiger partial charge in [0, 0.05) is 46.4 Å². The number of thioether (sulfide) groups is 1. The van der Waals surface area contributed by atoms with Gasteiger partial charge in [0.2, 0.25) is 0 Å². The van der Waals surface area contributed by atoms with Crippen molar-refractivity contribution in [3.8, 4) is 0 Å². The van der Waals surface area contributed by atoms with Crippen LogP contribution in [0.1, 0.15) is 58.3 Å². The highest BCUT2D eigenvalue weighted by Crippen LogP contribution is 2.39. The predicted molar refractivity (Wildman–Crippen MR) is 206 cm³/mol. The fourth-order valence-electron chi connectivity index (χ4n) is 5.25. The van der Waals surface area contributed by atoms with E-state index in [1.54, 1.807) is 44.3 Å². The minimum Gasteiger partial charge on any atom is -0.295 e. The number of carbonyl (C=O) groups excluding carboxylic acids is 3. The van der Waals surface area contributed by atoms with E-state index in [-0.39, 0.29) is 28.2 Å². The number of hydrogen-bond donors (Lipinski definition) is 0. The highest BCUT2D eigenvalue weighted by atomic mass is 32.2. The van der Waals surface area contributed by atoms with Crippen molar-refractivity contribution in [1.29, 1.82) is 0 Å². The van der Waals surface area contributed by atoms with Gasteiger partial charge in [-0.25, -0.2) is 0 Å². The van der Waals surface area contributed by atoms with Crippen molar-refractivity contribution in [1.82, 2.24) is 0 Å². The third kappa shape index (κ3) is 9.17. The zero-order chi connectivity index (χ0) is 34.3. The first-order chi connectivity index (χ1) is 23.7. The number of allylic oxidation sites excluding steroid dienone is 2. The smallest absolute Gasteiger partial charge is 0.166 e. The van der Waals surface area contributed by atoms with Gasteiger partial charge in [-0.05, 0) is 124 Å². The molecule has 0 radical (unpaired) electrons. The average molecular weight is 716 g/mol. The van der Waals surface area contributed by atoms with Gasteiger partial charge in [0.25, 0.3) is 0 Å². The molecule has 7 heteroatoms. The van der Waals surface area contributed by atoms with Crippen LogP contribution < -0.4 is 0 Å². The van der Waals surface area contributed by atoms with E-state index in [2.05, 4.69) is 66.8 Å². The fraction of sp³-hybridized carbons (Fsp3) is 0.119. The van der Waals surface area contributed by atoms with Crippen molar-refractivity contribution in [3.05, 3.63) is 161 Å². The van der Waals surface area contributed by atoms with Gasteiger partial charge >= 0.3 is 0 Å². The number of hydrogen-bond acceptors (Lipinski definition) is 6. The minimum absolute atomic E-state index is 0.0715. The Kier molecular flexibility index (Phi) is 11.5. The monoisotopic (exact) mass is 715 g/mol. The van der Waals surface area contributed by atoms with Crippen LogP contribution in [0, 0.1) is 0 Å². The fourth-order valence-corrected chi connectivity index (χ4v) is 9.98. The Morgan fingerprint density at radius 3 is 1.18 bits per heavy atom. The number of rotatable bonds is 12. The summed E-state index contributed by atoms with van der Waals surface area (Å²) in [5, 5.41) is 0.318. The molecule has 3 nitrogen and oxygen atoms in total. The van der Waals surface area contributed by atoms with Gasteiger partial charge in [0.1, 0.15) is 0 Å². The van der Waals surface area contributed by atoms with Gasteiger partial charge in [-0.1, -0.05) is 66.0 Å². The molecule has 5 aromatic carbocycles. The molecule has 5 aromatic rings. The molecule has 1 atom stereocenters. The highest BCUT2D eigenvalue weighted by Gasteiger charge is 2.31. The van der Waals surface area contributed by atoms with E-state index in [1.807, 2.05) is 84.6 Å². The van der Waals surface area contributed by atoms with E-state index in [4.69, 9.17) is 0 Å². The van der Waals surface area contributed by atoms with Gasteiger partial charge in [-0.15, -0.1) is 11.8 Å². The summed E-state index contributed by atoms with van der Waals surface area (Å²) in [7, 11) is -0.300. The quantitative estimate of drug-likeness (QED) is 0.0947. The summed E-state index contributed by atoms with van der Waals surface area (Å²) >= 11 is 5.20. The molecular weight excluding hydrogens is 681 g/mol. The molecule has 0 bridgehead atoms. The first-order valence-electron chi connectivity index (χ1n) is 15.9. The van der Waals surface area contributed by atoms with Gasteiger partial charge < -0.3 is 0 Å². The van der Waals surface area contributed by atoms with E-state index in [9.17, 15) is 14.4 Å². The molecular formula is C42H35O3S4+. The second kappa shape index (κ2) is 16.1. The Labute approximate surface area is 304 Å². The molecule has 0 aromatic heterocycles. The van der Waals surface area contributed by atoms with Crippen LogP contribution in [-0.2, 0) is 10.9 Å². The zero-order valence-electron chi connectivity index (χ0n) is 27.4. The number of Topliss-reactive ketones (excluding diaryl/α,β-unsaturated/α-hetero) is 3. The topological polar surface area (TPSA) is 51.2 Å². The Morgan fingerprint density at radius 1 is 0.510 bits per heavy atom. The lowest BCUT2D eigenvalue weighted by atomic mass is 10.2. The van der Waals surface area contributed by atoms with Gasteiger partial charge in [-0.3, -0.25) is 14.4 Å². The first kappa shape index (κ1) is 34.8. The molecule has 0 spiro atoms. The van der Waals surface area contributed by atoms with Crippen molar-refractivity contribution in [2.75, 3.05) is 0 Å². The van der Waals surface area contributed by atoms with Gasteiger partial charge in [-0.2, -0.15) is 0 Å². The predicted octanol–water partition coefficient (Wildman–Crippen LogP) is 11.6. The molecule has 0 N–H and O–H groups in total. The molecule has 0 aliphatic heterocycles. The molecule has 244 valence electrons. The molecule has 0 saturated carbocycles. The molecule has 0 fully saturated rings. The van der Waals surface area contributed by atoms with E-state index in [1.165, 1.54) is 14.7 Å². The third-order valence-corrected chi connectivity index (χ3v) is 13.4. The maximum Gasteiger partial charge on any atom is 0.166 e. The third-order valence-electron chi connectivity index (χ3n) is 7.92. The number of benzene rings is 5. The van der Waals surface area contributed by atoms with E-state index in [0.717, 1.165) is 47.6 Å². The Hall–Kier alpha value is -4.01. The molecule has 0 heterocycles. The molecule has 1 aliphatic rings. The number of carbonyl (C=O) groups is 3. The van der Waals surface area contributed by atoms with Crippen LogP contribution in [0.4, 0.5) is 0 Å². The molecule has 0 amide bonds. The molecule has 1 aliphatic carbocycles. The second-order valence-electron chi connectivity index (χ2n) is 11.6. The van der Waals surface area contributed by atoms with Crippen LogP contribution in [0.5, 0.6) is 0 Å². The minimum atomic E-state index is -0.300. The normalized spacial score (nSPS) is 14.0. The second-order valence-corrected chi connectivity index (χ2v) is 17.2. The van der Waals surface area contributed by atoms with Crippen molar-refractivity contribution < 1.29 is 14.4 Å². The summed E-state index contributed by atoms with van der Waals surface area (Å²) < 4.78 is 0. The summed E-state index contributed by atoms with van der Waals surface area (Å²) in [4.78, 5) is 44.5. The van der Waals surface area contributed by atoms with E-state index in [0.29, 0.717) is 5.25 Å². The largest absolute Gasteiger partial charge is 0.295 e. The lowest BCUT2D eigenvalue weighted by Crippen LogP contribution is -2.10. The molecule has 49 heavy (non-hydrogen) atoms. The zero-order valence-corrected chi connectivity index (χ0v) is 30.7. The Balaban J connectivity index is 1.22. The van der Waals surface area contributed by atoms with Crippen LogP contribution in [0.15, 0.2) is 179 Å². The summed E-state index contributed by atoms with van der Waals surface area (Å²) in [5.74, 6) is 0.225. The first-order valence-corrected chi connectivity index (χ1v) is 19.6. The van der Waals surface area contributed by atoms with Crippen molar-refractivity contribution >= 4 is 63.5 Å². The van der Waals surface area contributed by atoms with Gasteiger partial charge in [0.15, 0.2) is 32.0 Å². The lowest BCUT2D eigenvalue weighted by molar-refractivity contribution is 0.100. The summed E-state index contributed by atoms with van der Waals surface area (Å²) in [6, 6.07) is 41.1. The maximum atomic E-state index is 11.7. The molecule has 1 unspecified atom stereocenters. The summed E-state index contributed by atoms with van der Waals surface area (Å²) in [5.41, 5.74) is 2.18. The van der Waals surface area contributed by atoms with E-state index >= 15 is 0 Å². The van der Waals surface area contributed by atoms with Crippen LogP contribution in [0.2, 0.25) is 0 Å². The summed E-state index contributed by atoms with van der Waals surface area (Å²) in [6.07, 6.45) is 7.89. The van der Waals surface area contributed by atoms with E-state index < -0.39 is 0 Å².